The first-order valence-electron chi connectivity index (χ1n) is 5.93. The molecule has 0 unspecified atom stereocenters. The molecule has 0 spiro atoms. The van der Waals surface area contributed by atoms with Crippen molar-refractivity contribution < 1.29 is 9.53 Å². The van der Waals surface area contributed by atoms with Crippen LogP contribution in [-0.2, 0) is 6.54 Å². The van der Waals surface area contributed by atoms with Gasteiger partial charge >= 0.3 is 0 Å². The Hall–Kier alpha value is -2.27. The third-order valence-electron chi connectivity index (χ3n) is 2.70. The first-order chi connectivity index (χ1) is 9.60. The number of primary amides is 1. The Labute approximate surface area is 121 Å². The first-order valence-corrected chi connectivity index (χ1v) is 6.31. The molecule has 3 N–H and O–H groups in total. The van der Waals surface area contributed by atoms with Crippen LogP contribution in [0.4, 0.5) is 5.69 Å². The Balaban J connectivity index is 2.13. The number of hydrogen-bond acceptors (Lipinski definition) is 4. The number of carbonyl (C=O) groups excluding carboxylic acids is 1. The maximum absolute atomic E-state index is 11.1. The second-order valence-corrected chi connectivity index (χ2v) is 4.49. The van der Waals surface area contributed by atoms with Crippen LogP contribution in [0.5, 0.6) is 5.88 Å². The van der Waals surface area contributed by atoms with Crippen molar-refractivity contribution in [2.45, 2.75) is 6.54 Å². The largest absolute Gasteiger partial charge is 0.481 e. The van der Waals surface area contributed by atoms with E-state index in [0.717, 1.165) is 5.69 Å². The summed E-state index contributed by atoms with van der Waals surface area (Å²) in [6.07, 6.45) is 0. The molecule has 0 saturated heterocycles. The number of halogens is 1. The average Bonchev–Trinajstić information content (AvgIpc) is 2.46. The molecule has 0 saturated carbocycles. The molecule has 0 atom stereocenters. The van der Waals surface area contributed by atoms with E-state index in [2.05, 4.69) is 10.3 Å². The van der Waals surface area contributed by atoms with E-state index in [0.29, 0.717) is 28.7 Å². The fraction of sp³-hybridized carbons (Fsp3) is 0.143. The summed E-state index contributed by atoms with van der Waals surface area (Å²) < 4.78 is 5.06. The van der Waals surface area contributed by atoms with Crippen molar-refractivity contribution in [2.75, 3.05) is 12.4 Å². The molecule has 2 aromatic rings. The van der Waals surface area contributed by atoms with Crippen molar-refractivity contribution in [1.82, 2.24) is 4.98 Å². The molecule has 0 fully saturated rings. The number of anilines is 1. The third-order valence-corrected chi connectivity index (χ3v) is 3.03. The lowest BCUT2D eigenvalue weighted by Crippen LogP contribution is -2.11. The summed E-state index contributed by atoms with van der Waals surface area (Å²) in [5.74, 6) is 0.0468. The van der Waals surface area contributed by atoms with Gasteiger partial charge in [0, 0.05) is 11.6 Å². The van der Waals surface area contributed by atoms with E-state index < -0.39 is 5.91 Å². The van der Waals surface area contributed by atoms with E-state index in [1.54, 1.807) is 31.4 Å². The topological polar surface area (TPSA) is 77.2 Å². The summed E-state index contributed by atoms with van der Waals surface area (Å²) in [6.45, 7) is 0.457. The number of carbonyl (C=O) groups is 1. The van der Waals surface area contributed by atoms with Crippen LogP contribution in [0.2, 0.25) is 5.02 Å². The molecule has 0 aliphatic rings. The smallest absolute Gasteiger partial charge is 0.248 e. The van der Waals surface area contributed by atoms with Crippen molar-refractivity contribution in [2.24, 2.45) is 5.73 Å². The molecule has 1 heterocycles. The van der Waals surface area contributed by atoms with E-state index in [1.807, 2.05) is 12.1 Å². The van der Waals surface area contributed by atoms with Gasteiger partial charge in [-0.05, 0) is 24.3 Å². The predicted octanol–water partition coefficient (Wildman–Crippen LogP) is 2.45. The number of methoxy groups -OCH3 is 1. The molecule has 2 rings (SSSR count). The zero-order valence-electron chi connectivity index (χ0n) is 10.9. The van der Waals surface area contributed by atoms with Gasteiger partial charge in [0.15, 0.2) is 0 Å². The molecule has 6 heteroatoms. The molecule has 0 radical (unpaired) electrons. The lowest BCUT2D eigenvalue weighted by Gasteiger charge is -2.09. The molecule has 0 bridgehead atoms. The van der Waals surface area contributed by atoms with Crippen molar-refractivity contribution in [3.05, 3.63) is 52.7 Å². The Morgan fingerprint density at radius 2 is 2.20 bits per heavy atom. The number of nitrogens with one attached hydrogen (secondary N) is 1. The van der Waals surface area contributed by atoms with Crippen LogP contribution >= 0.6 is 11.6 Å². The summed E-state index contributed by atoms with van der Waals surface area (Å²) in [5.41, 5.74) is 7.07. The van der Waals surface area contributed by atoms with Gasteiger partial charge < -0.3 is 15.8 Å². The van der Waals surface area contributed by atoms with Gasteiger partial charge in [-0.15, -0.1) is 0 Å². The Kier molecular flexibility index (Phi) is 4.42. The van der Waals surface area contributed by atoms with E-state index in [4.69, 9.17) is 22.1 Å². The minimum Gasteiger partial charge on any atom is -0.481 e. The summed E-state index contributed by atoms with van der Waals surface area (Å²) in [4.78, 5) is 15.4. The molecule has 0 aliphatic carbocycles. The fourth-order valence-electron chi connectivity index (χ4n) is 1.67. The van der Waals surface area contributed by atoms with Crippen LogP contribution in [0.15, 0.2) is 36.4 Å². The third kappa shape index (κ3) is 3.39. The number of pyridine rings is 1. The van der Waals surface area contributed by atoms with Gasteiger partial charge in [0.05, 0.1) is 30.1 Å². The highest BCUT2D eigenvalue weighted by Crippen LogP contribution is 2.23. The fourth-order valence-corrected chi connectivity index (χ4v) is 1.85. The highest BCUT2D eigenvalue weighted by molar-refractivity contribution is 6.33. The molecule has 5 nitrogen and oxygen atoms in total. The highest BCUT2D eigenvalue weighted by atomic mass is 35.5. The lowest BCUT2D eigenvalue weighted by atomic mass is 10.2. The molecule has 104 valence electrons. The van der Waals surface area contributed by atoms with E-state index in [1.165, 1.54) is 0 Å². The predicted molar refractivity (Wildman–Crippen MR) is 78.1 cm³/mol. The average molecular weight is 292 g/mol. The maximum atomic E-state index is 11.1. The number of aromatic nitrogens is 1. The standard InChI is InChI=1S/C14H14ClN3O2/c1-20-13-4-2-3-10(18-13)8-17-12-7-9(14(16)19)5-6-11(12)15/h2-7,17H,8H2,1H3,(H2,16,19). The van der Waals surface area contributed by atoms with Crippen LogP contribution in [0.25, 0.3) is 0 Å². The minimum atomic E-state index is -0.496. The van der Waals surface area contributed by atoms with Gasteiger partial charge in [0.25, 0.3) is 0 Å². The second kappa shape index (κ2) is 6.25. The monoisotopic (exact) mass is 291 g/mol. The van der Waals surface area contributed by atoms with Crippen LogP contribution in [0, 0.1) is 0 Å². The molecular formula is C14H14ClN3O2. The van der Waals surface area contributed by atoms with Gasteiger partial charge in [-0.2, -0.15) is 0 Å². The summed E-state index contributed by atoms with van der Waals surface area (Å²) >= 11 is 6.07. The van der Waals surface area contributed by atoms with Crippen molar-refractivity contribution in [1.29, 1.82) is 0 Å². The summed E-state index contributed by atoms with van der Waals surface area (Å²) in [7, 11) is 1.56. The Morgan fingerprint density at radius 1 is 1.40 bits per heavy atom. The van der Waals surface area contributed by atoms with Crippen LogP contribution in [0.1, 0.15) is 16.1 Å². The Morgan fingerprint density at radius 3 is 2.90 bits per heavy atom. The van der Waals surface area contributed by atoms with Crippen molar-refractivity contribution in [3.63, 3.8) is 0 Å². The SMILES string of the molecule is COc1cccc(CNc2cc(C(N)=O)ccc2Cl)n1. The van der Waals surface area contributed by atoms with E-state index in [-0.39, 0.29) is 0 Å². The molecule has 1 aromatic heterocycles. The van der Waals surface area contributed by atoms with Gasteiger partial charge in [-0.3, -0.25) is 4.79 Å². The van der Waals surface area contributed by atoms with Gasteiger partial charge in [0.2, 0.25) is 11.8 Å². The minimum absolute atomic E-state index is 0.399. The first kappa shape index (κ1) is 14.1. The maximum Gasteiger partial charge on any atom is 0.248 e. The number of amides is 1. The zero-order chi connectivity index (χ0) is 14.5. The van der Waals surface area contributed by atoms with Crippen molar-refractivity contribution in [3.8, 4) is 5.88 Å². The number of nitrogens with two attached hydrogens (primary N) is 1. The number of benzene rings is 1. The van der Waals surface area contributed by atoms with Crippen molar-refractivity contribution >= 4 is 23.2 Å². The van der Waals surface area contributed by atoms with E-state index in [9.17, 15) is 4.79 Å². The van der Waals surface area contributed by atoms with Gasteiger partial charge in [0.1, 0.15) is 0 Å². The summed E-state index contributed by atoms with van der Waals surface area (Å²) in [6, 6.07) is 10.3. The molecule has 1 aromatic carbocycles. The van der Waals surface area contributed by atoms with Gasteiger partial charge in [-0.1, -0.05) is 17.7 Å². The molecule has 1 amide bonds. The molecule has 20 heavy (non-hydrogen) atoms. The van der Waals surface area contributed by atoms with Crippen LogP contribution in [0.3, 0.4) is 0 Å². The second-order valence-electron chi connectivity index (χ2n) is 4.08. The number of ether oxygens (including phenoxy) is 1. The van der Waals surface area contributed by atoms with Crippen LogP contribution in [-0.4, -0.2) is 18.0 Å². The number of hydrogen-bond donors (Lipinski definition) is 2. The highest BCUT2D eigenvalue weighted by Gasteiger charge is 2.06. The molecule has 0 aliphatic heterocycles. The molecular weight excluding hydrogens is 278 g/mol. The van der Waals surface area contributed by atoms with E-state index >= 15 is 0 Å². The normalized spacial score (nSPS) is 10.1. The number of rotatable bonds is 5. The van der Waals surface area contributed by atoms with Crippen LogP contribution < -0.4 is 15.8 Å². The quantitative estimate of drug-likeness (QED) is 0.887. The summed E-state index contributed by atoms with van der Waals surface area (Å²) in [5, 5.41) is 3.63. The number of nitrogens with zero attached hydrogens (tertiary/aromatic N) is 1. The zero-order valence-corrected chi connectivity index (χ0v) is 11.6. The lowest BCUT2D eigenvalue weighted by molar-refractivity contribution is 0.100. The Bertz CT molecular complexity index is 632. The van der Waals surface area contributed by atoms with Gasteiger partial charge in [-0.25, -0.2) is 4.98 Å².